The van der Waals surface area contributed by atoms with Gasteiger partial charge in [0.15, 0.2) is 0 Å². The van der Waals surface area contributed by atoms with Gasteiger partial charge < -0.3 is 10.6 Å². The molecule has 0 aliphatic carbocycles. The fourth-order valence-corrected chi connectivity index (χ4v) is 4.09. The van der Waals surface area contributed by atoms with Crippen LogP contribution in [-0.2, 0) is 10.5 Å². The zero-order valence-corrected chi connectivity index (χ0v) is 19.3. The molecule has 2 N–H and O–H groups in total. The maximum Gasteiger partial charge on any atom is 0.272 e. The third kappa shape index (κ3) is 6.70. The Morgan fingerprint density at radius 2 is 1.29 bits per heavy atom. The number of hydrogen-bond donors (Lipinski definition) is 2. The molecule has 168 valence electrons. The first-order valence-electron chi connectivity index (χ1n) is 10.9. The zero-order valence-electron chi connectivity index (χ0n) is 18.5. The molecule has 0 aliphatic heterocycles. The van der Waals surface area contributed by atoms with Crippen LogP contribution < -0.4 is 10.6 Å². The Hall–Kier alpha value is -4.09. The highest BCUT2D eigenvalue weighted by atomic mass is 32.2. The fraction of sp³-hybridized carbons (Fsp3) is 0.0345. The summed E-state index contributed by atoms with van der Waals surface area (Å²) in [7, 11) is 0. The van der Waals surface area contributed by atoms with E-state index in [2.05, 4.69) is 22.8 Å². The van der Waals surface area contributed by atoms with Crippen LogP contribution in [0.1, 0.15) is 21.5 Å². The van der Waals surface area contributed by atoms with Gasteiger partial charge in [-0.1, -0.05) is 78.9 Å². The lowest BCUT2D eigenvalue weighted by atomic mass is 10.1. The molecule has 0 heterocycles. The SMILES string of the molecule is O=C(Nc1ccc(SCc2ccccc2)cc1)/C(=C/c1ccccc1)NC(=O)c1ccccc1. The predicted octanol–water partition coefficient (Wildman–Crippen LogP) is 6.39. The van der Waals surface area contributed by atoms with E-state index in [0.717, 1.165) is 16.2 Å². The first-order chi connectivity index (χ1) is 16.7. The normalized spacial score (nSPS) is 11.0. The van der Waals surface area contributed by atoms with Crippen molar-refractivity contribution in [3.63, 3.8) is 0 Å². The van der Waals surface area contributed by atoms with Crippen LogP contribution in [-0.4, -0.2) is 11.8 Å². The number of carbonyl (C=O) groups is 2. The summed E-state index contributed by atoms with van der Waals surface area (Å²) >= 11 is 1.73. The lowest BCUT2D eigenvalue weighted by molar-refractivity contribution is -0.113. The Bertz CT molecular complexity index is 1260. The predicted molar refractivity (Wildman–Crippen MR) is 139 cm³/mol. The van der Waals surface area contributed by atoms with Crippen molar-refractivity contribution < 1.29 is 9.59 Å². The standard InChI is InChI=1S/C29H24N2O2S/c32-28(24-14-8-3-9-15-24)31-27(20-22-10-4-1-5-11-22)29(33)30-25-16-18-26(19-17-25)34-21-23-12-6-2-7-13-23/h1-20H,21H2,(H,30,33)(H,31,32)/b27-20-. The number of thioether (sulfide) groups is 1. The minimum atomic E-state index is -0.391. The molecule has 0 saturated carbocycles. The van der Waals surface area contributed by atoms with Crippen LogP contribution in [0.25, 0.3) is 6.08 Å². The number of anilines is 1. The molecule has 4 aromatic rings. The topological polar surface area (TPSA) is 58.2 Å². The van der Waals surface area contributed by atoms with Gasteiger partial charge in [-0.25, -0.2) is 0 Å². The van der Waals surface area contributed by atoms with Crippen LogP contribution >= 0.6 is 11.8 Å². The van der Waals surface area contributed by atoms with E-state index < -0.39 is 5.91 Å². The monoisotopic (exact) mass is 464 g/mol. The molecule has 0 radical (unpaired) electrons. The molecule has 0 bridgehead atoms. The number of carbonyl (C=O) groups excluding carboxylic acids is 2. The maximum atomic E-state index is 13.1. The van der Waals surface area contributed by atoms with Crippen LogP contribution in [0.3, 0.4) is 0 Å². The summed E-state index contributed by atoms with van der Waals surface area (Å²) in [6.07, 6.45) is 1.67. The van der Waals surface area contributed by atoms with E-state index in [1.54, 1.807) is 42.1 Å². The van der Waals surface area contributed by atoms with Crippen molar-refractivity contribution in [1.29, 1.82) is 0 Å². The Kier molecular flexibility index (Phi) is 7.93. The lowest BCUT2D eigenvalue weighted by Crippen LogP contribution is -2.30. The van der Waals surface area contributed by atoms with E-state index in [4.69, 9.17) is 0 Å². The summed E-state index contributed by atoms with van der Waals surface area (Å²) in [5.74, 6) is 0.144. The summed E-state index contributed by atoms with van der Waals surface area (Å²) in [6.45, 7) is 0. The van der Waals surface area contributed by atoms with Crippen molar-refractivity contribution in [2.45, 2.75) is 10.6 Å². The number of rotatable bonds is 8. The van der Waals surface area contributed by atoms with Crippen LogP contribution in [0.4, 0.5) is 5.69 Å². The minimum absolute atomic E-state index is 0.169. The second-order valence-corrected chi connectivity index (χ2v) is 8.59. The third-order valence-corrected chi connectivity index (χ3v) is 6.08. The van der Waals surface area contributed by atoms with E-state index in [1.807, 2.05) is 78.9 Å². The highest BCUT2D eigenvalue weighted by Crippen LogP contribution is 2.24. The van der Waals surface area contributed by atoms with Gasteiger partial charge in [-0.05, 0) is 53.6 Å². The van der Waals surface area contributed by atoms with Crippen molar-refractivity contribution in [2.24, 2.45) is 0 Å². The van der Waals surface area contributed by atoms with Gasteiger partial charge in [0, 0.05) is 21.9 Å². The lowest BCUT2D eigenvalue weighted by Gasteiger charge is -2.12. The Balaban J connectivity index is 1.45. The fourth-order valence-electron chi connectivity index (χ4n) is 3.23. The van der Waals surface area contributed by atoms with Gasteiger partial charge in [0.2, 0.25) is 0 Å². The molecule has 0 spiro atoms. The van der Waals surface area contributed by atoms with Gasteiger partial charge in [0.05, 0.1) is 0 Å². The summed E-state index contributed by atoms with van der Waals surface area (Å²) in [4.78, 5) is 26.9. The van der Waals surface area contributed by atoms with Gasteiger partial charge in [-0.3, -0.25) is 9.59 Å². The Labute approximate surface area is 203 Å². The van der Waals surface area contributed by atoms with Crippen LogP contribution in [0.15, 0.2) is 126 Å². The average Bonchev–Trinajstić information content (AvgIpc) is 2.89. The number of amides is 2. The second-order valence-electron chi connectivity index (χ2n) is 7.54. The van der Waals surface area contributed by atoms with Crippen molar-refractivity contribution >= 4 is 35.3 Å². The summed E-state index contributed by atoms with van der Waals surface area (Å²) in [6, 6.07) is 36.2. The van der Waals surface area contributed by atoms with Gasteiger partial charge in [0.25, 0.3) is 11.8 Å². The van der Waals surface area contributed by atoms with E-state index in [-0.39, 0.29) is 11.6 Å². The summed E-state index contributed by atoms with van der Waals surface area (Å²) in [5.41, 5.74) is 3.38. The summed E-state index contributed by atoms with van der Waals surface area (Å²) in [5, 5.41) is 5.65. The molecule has 0 fully saturated rings. The van der Waals surface area contributed by atoms with Crippen LogP contribution in [0.2, 0.25) is 0 Å². The molecule has 0 saturated heterocycles. The molecule has 34 heavy (non-hydrogen) atoms. The van der Waals surface area contributed by atoms with Crippen molar-refractivity contribution in [1.82, 2.24) is 5.32 Å². The molecule has 4 nitrogen and oxygen atoms in total. The average molecular weight is 465 g/mol. The van der Waals surface area contributed by atoms with Gasteiger partial charge >= 0.3 is 0 Å². The molecule has 0 unspecified atom stereocenters. The van der Waals surface area contributed by atoms with Gasteiger partial charge in [-0.2, -0.15) is 0 Å². The summed E-state index contributed by atoms with van der Waals surface area (Å²) < 4.78 is 0. The molecular weight excluding hydrogens is 440 g/mol. The van der Waals surface area contributed by atoms with E-state index >= 15 is 0 Å². The molecular formula is C29H24N2O2S. The molecule has 4 rings (SSSR count). The quantitative estimate of drug-likeness (QED) is 0.235. The van der Waals surface area contributed by atoms with E-state index in [9.17, 15) is 9.59 Å². The first kappa shape index (κ1) is 23.1. The minimum Gasteiger partial charge on any atom is -0.321 e. The van der Waals surface area contributed by atoms with Crippen molar-refractivity contribution in [3.05, 3.63) is 138 Å². The molecule has 5 heteroatoms. The largest absolute Gasteiger partial charge is 0.321 e. The highest BCUT2D eigenvalue weighted by molar-refractivity contribution is 7.98. The number of hydrogen-bond acceptors (Lipinski definition) is 3. The number of nitrogens with one attached hydrogen (secondary N) is 2. The highest BCUT2D eigenvalue weighted by Gasteiger charge is 2.15. The molecule has 0 atom stereocenters. The van der Waals surface area contributed by atoms with Crippen LogP contribution in [0.5, 0.6) is 0 Å². The third-order valence-electron chi connectivity index (χ3n) is 5.00. The molecule has 0 aliphatic rings. The van der Waals surface area contributed by atoms with Gasteiger partial charge in [-0.15, -0.1) is 11.8 Å². The molecule has 0 aromatic heterocycles. The maximum absolute atomic E-state index is 13.1. The smallest absolute Gasteiger partial charge is 0.272 e. The Morgan fingerprint density at radius 3 is 1.94 bits per heavy atom. The van der Waals surface area contributed by atoms with E-state index in [0.29, 0.717) is 11.3 Å². The molecule has 2 amide bonds. The van der Waals surface area contributed by atoms with Crippen molar-refractivity contribution in [2.75, 3.05) is 5.32 Å². The van der Waals surface area contributed by atoms with Crippen molar-refractivity contribution in [3.8, 4) is 0 Å². The Morgan fingerprint density at radius 1 is 0.706 bits per heavy atom. The first-order valence-corrected chi connectivity index (χ1v) is 11.9. The zero-order chi connectivity index (χ0) is 23.6. The second kappa shape index (κ2) is 11.7. The van der Waals surface area contributed by atoms with Crippen LogP contribution in [0, 0.1) is 0 Å². The molecule has 4 aromatic carbocycles. The van der Waals surface area contributed by atoms with E-state index in [1.165, 1.54) is 5.56 Å². The number of benzene rings is 4. The van der Waals surface area contributed by atoms with Gasteiger partial charge in [0.1, 0.15) is 5.70 Å².